The first-order valence-electron chi connectivity index (χ1n) is 8.66. The molecule has 3 fully saturated rings. The highest BCUT2D eigenvalue weighted by Crippen LogP contribution is 2.54. The minimum Gasteiger partial charge on any atom is -0.463 e. The van der Waals surface area contributed by atoms with Crippen LogP contribution >= 0.6 is 23.2 Å². The molecule has 1 aromatic carbocycles. The van der Waals surface area contributed by atoms with Crippen molar-refractivity contribution >= 4 is 29.2 Å². The molecule has 128 valence electrons. The average molecular weight is 366 g/mol. The summed E-state index contributed by atoms with van der Waals surface area (Å²) in [4.78, 5) is 14.6. The maximum absolute atomic E-state index is 12.0. The summed E-state index contributed by atoms with van der Waals surface area (Å²) in [5.74, 6) is 0.562. The van der Waals surface area contributed by atoms with Crippen molar-refractivity contribution in [1.82, 2.24) is 4.90 Å². The molecule has 3 aliphatic heterocycles. The van der Waals surface area contributed by atoms with Crippen molar-refractivity contribution in [3.63, 3.8) is 0 Å². The Hall–Kier alpha value is -1.03. The van der Waals surface area contributed by atoms with Gasteiger partial charge in [0.05, 0.1) is 16.7 Å². The van der Waals surface area contributed by atoms with Crippen molar-refractivity contribution in [2.75, 3.05) is 13.2 Å². The number of piperidine rings is 1. The van der Waals surface area contributed by atoms with Gasteiger partial charge in [-0.1, -0.05) is 29.3 Å². The van der Waals surface area contributed by atoms with E-state index in [-0.39, 0.29) is 5.97 Å². The van der Waals surface area contributed by atoms with E-state index < -0.39 is 0 Å². The molecule has 0 saturated carbocycles. The maximum atomic E-state index is 12.0. The van der Waals surface area contributed by atoms with Crippen LogP contribution in [-0.4, -0.2) is 36.1 Å². The van der Waals surface area contributed by atoms with Gasteiger partial charge in [0, 0.05) is 30.6 Å². The molecule has 0 aromatic heterocycles. The van der Waals surface area contributed by atoms with E-state index in [9.17, 15) is 4.79 Å². The van der Waals surface area contributed by atoms with Gasteiger partial charge in [0.1, 0.15) is 0 Å². The Morgan fingerprint density at radius 3 is 2.92 bits per heavy atom. The second-order valence-corrected chi connectivity index (χ2v) is 7.80. The Bertz CT molecular complexity index is 703. The molecule has 0 N–H and O–H groups in total. The molecular formula is C19H21Cl2NO2. The summed E-state index contributed by atoms with van der Waals surface area (Å²) in [6, 6.07) is 7.14. The van der Waals surface area contributed by atoms with Gasteiger partial charge >= 0.3 is 5.97 Å². The van der Waals surface area contributed by atoms with Crippen LogP contribution in [0.1, 0.15) is 37.7 Å². The van der Waals surface area contributed by atoms with Crippen molar-refractivity contribution < 1.29 is 9.53 Å². The summed E-state index contributed by atoms with van der Waals surface area (Å²) in [7, 11) is 0. The molecular weight excluding hydrogens is 345 g/mol. The lowest BCUT2D eigenvalue weighted by atomic mass is 9.76. The zero-order valence-electron chi connectivity index (χ0n) is 13.7. The maximum Gasteiger partial charge on any atom is 0.330 e. The van der Waals surface area contributed by atoms with E-state index in [2.05, 4.69) is 11.0 Å². The van der Waals surface area contributed by atoms with Crippen LogP contribution < -0.4 is 0 Å². The van der Waals surface area contributed by atoms with Crippen LogP contribution in [0, 0.1) is 5.92 Å². The molecule has 0 radical (unpaired) electrons. The van der Waals surface area contributed by atoms with Crippen molar-refractivity contribution in [1.29, 1.82) is 0 Å². The number of hydrogen-bond donors (Lipinski definition) is 0. The fourth-order valence-electron chi connectivity index (χ4n) is 4.94. The predicted octanol–water partition coefficient (Wildman–Crippen LogP) is 4.43. The van der Waals surface area contributed by atoms with E-state index in [1.165, 1.54) is 24.0 Å². The monoisotopic (exact) mass is 365 g/mol. The Morgan fingerprint density at radius 1 is 1.33 bits per heavy atom. The van der Waals surface area contributed by atoms with Crippen LogP contribution in [-0.2, 0) is 9.53 Å². The third kappa shape index (κ3) is 2.67. The fourth-order valence-corrected chi connectivity index (χ4v) is 5.25. The van der Waals surface area contributed by atoms with Crippen molar-refractivity contribution in [3.8, 4) is 0 Å². The van der Waals surface area contributed by atoms with Crippen LogP contribution in [0.15, 0.2) is 29.8 Å². The molecule has 3 heterocycles. The topological polar surface area (TPSA) is 29.5 Å². The Kier molecular flexibility index (Phi) is 4.36. The van der Waals surface area contributed by atoms with Gasteiger partial charge in [-0.15, -0.1) is 0 Å². The molecule has 24 heavy (non-hydrogen) atoms. The second-order valence-electron chi connectivity index (χ2n) is 6.98. The van der Waals surface area contributed by atoms with E-state index >= 15 is 0 Å². The zero-order valence-corrected chi connectivity index (χ0v) is 15.2. The smallest absolute Gasteiger partial charge is 0.330 e. The molecule has 5 heteroatoms. The largest absolute Gasteiger partial charge is 0.463 e. The Labute approximate surface area is 152 Å². The van der Waals surface area contributed by atoms with Crippen LogP contribution in [0.2, 0.25) is 10.0 Å². The van der Waals surface area contributed by atoms with Gasteiger partial charge in [0.25, 0.3) is 0 Å². The van der Waals surface area contributed by atoms with Gasteiger partial charge in [-0.2, -0.15) is 0 Å². The summed E-state index contributed by atoms with van der Waals surface area (Å²) >= 11 is 12.3. The lowest BCUT2D eigenvalue weighted by Gasteiger charge is -2.37. The van der Waals surface area contributed by atoms with E-state index in [1.807, 2.05) is 19.1 Å². The van der Waals surface area contributed by atoms with Gasteiger partial charge in [0.15, 0.2) is 0 Å². The third-order valence-electron chi connectivity index (χ3n) is 5.82. The summed E-state index contributed by atoms with van der Waals surface area (Å²) in [5, 5.41) is 1.20. The molecule has 4 bridgehead atoms. The standard InChI is InChI=1S/C19H21Cl2NO2/c1-2-24-18(23)8-12-10-22-13-4-6-17(22)19(12)14(9-13)11-3-5-15(20)16(21)7-11/h3,5,7-8,13-14,17,19H,2,4,6,9-10H2,1H3/b12-8-/t13-,14+,17+,19+/m0/s1. The van der Waals surface area contributed by atoms with Crippen molar-refractivity contribution in [2.24, 2.45) is 5.92 Å². The summed E-state index contributed by atoms with van der Waals surface area (Å²) in [6.45, 7) is 3.16. The number of rotatable bonds is 3. The number of carbonyl (C=O) groups is 1. The van der Waals surface area contributed by atoms with Crippen LogP contribution in [0.3, 0.4) is 0 Å². The fraction of sp³-hybridized carbons (Fsp3) is 0.526. The minimum absolute atomic E-state index is 0.218. The van der Waals surface area contributed by atoms with Gasteiger partial charge in [-0.25, -0.2) is 4.79 Å². The molecule has 1 unspecified atom stereocenters. The molecule has 1 aromatic rings. The van der Waals surface area contributed by atoms with Crippen LogP contribution in [0.25, 0.3) is 0 Å². The molecule has 0 aliphatic carbocycles. The van der Waals surface area contributed by atoms with Crippen LogP contribution in [0.4, 0.5) is 0 Å². The van der Waals surface area contributed by atoms with Crippen molar-refractivity contribution in [3.05, 3.63) is 45.5 Å². The number of halogens is 2. The molecule has 3 saturated heterocycles. The van der Waals surface area contributed by atoms with E-state index in [4.69, 9.17) is 27.9 Å². The number of benzene rings is 1. The number of nitrogens with zero attached hydrogens (tertiary/aromatic N) is 1. The molecule has 0 amide bonds. The molecule has 3 aliphatic rings. The highest BCUT2D eigenvalue weighted by Gasteiger charge is 2.53. The van der Waals surface area contributed by atoms with Crippen LogP contribution in [0.5, 0.6) is 0 Å². The first kappa shape index (κ1) is 16.4. The summed E-state index contributed by atoms with van der Waals surface area (Å²) in [6.07, 6.45) is 5.33. The number of hydrogen-bond acceptors (Lipinski definition) is 3. The number of carbonyl (C=O) groups excluding carboxylic acids is 1. The van der Waals surface area contributed by atoms with E-state index in [0.29, 0.717) is 40.6 Å². The molecule has 0 spiro atoms. The number of ether oxygens (including phenoxy) is 1. The third-order valence-corrected chi connectivity index (χ3v) is 6.56. The summed E-state index contributed by atoms with van der Waals surface area (Å²) < 4.78 is 5.14. The lowest BCUT2D eigenvalue weighted by molar-refractivity contribution is -0.137. The first-order chi connectivity index (χ1) is 11.6. The lowest BCUT2D eigenvalue weighted by Crippen LogP contribution is -2.40. The normalized spacial score (nSPS) is 35.5. The second kappa shape index (κ2) is 6.36. The first-order valence-corrected chi connectivity index (χ1v) is 9.42. The SMILES string of the molecule is CCOC(=O)/C=C1/CN2[C@H]3CC[C@@H]2[C@H]1[C@@H](c1ccc(Cl)c(Cl)c1)C3. The molecule has 3 nitrogen and oxygen atoms in total. The molecule has 5 atom stereocenters. The minimum atomic E-state index is -0.218. The average Bonchev–Trinajstić information content (AvgIpc) is 2.95. The Balaban J connectivity index is 1.70. The predicted molar refractivity (Wildman–Crippen MR) is 95.5 cm³/mol. The quantitative estimate of drug-likeness (QED) is 0.585. The van der Waals surface area contributed by atoms with E-state index in [0.717, 1.165) is 13.0 Å². The summed E-state index contributed by atoms with van der Waals surface area (Å²) in [5.41, 5.74) is 2.46. The van der Waals surface area contributed by atoms with Gasteiger partial charge < -0.3 is 4.74 Å². The highest BCUT2D eigenvalue weighted by molar-refractivity contribution is 6.42. The number of esters is 1. The van der Waals surface area contributed by atoms with Gasteiger partial charge in [0.2, 0.25) is 0 Å². The molecule has 4 rings (SSSR count). The van der Waals surface area contributed by atoms with E-state index in [1.54, 1.807) is 6.08 Å². The van der Waals surface area contributed by atoms with Gasteiger partial charge in [-0.3, -0.25) is 4.90 Å². The zero-order chi connectivity index (χ0) is 16.8. The highest BCUT2D eigenvalue weighted by atomic mass is 35.5. The van der Waals surface area contributed by atoms with Gasteiger partial charge in [-0.05, 0) is 55.4 Å². The Morgan fingerprint density at radius 2 is 2.17 bits per heavy atom. The van der Waals surface area contributed by atoms with Crippen molar-refractivity contribution in [2.45, 2.75) is 44.2 Å².